The van der Waals surface area contributed by atoms with Crippen molar-refractivity contribution >= 4 is 17.3 Å². The lowest BCUT2D eigenvalue weighted by atomic mass is 9.78. The number of carboxylic acid groups (broad SMARTS) is 1. The van der Waals surface area contributed by atoms with Crippen LogP contribution in [0.15, 0.2) is 59.9 Å². The van der Waals surface area contributed by atoms with Crippen LogP contribution in [0.25, 0.3) is 0 Å². The van der Waals surface area contributed by atoms with E-state index in [9.17, 15) is 9.90 Å². The van der Waals surface area contributed by atoms with Crippen LogP contribution in [0.2, 0.25) is 0 Å². The normalized spacial score (nSPS) is 19.9. The van der Waals surface area contributed by atoms with E-state index in [2.05, 4.69) is 21.8 Å². The summed E-state index contributed by atoms with van der Waals surface area (Å²) in [5, 5.41) is 12.1. The molecule has 108 valence electrons. The van der Waals surface area contributed by atoms with Crippen molar-refractivity contribution in [3.8, 4) is 11.8 Å². The van der Waals surface area contributed by atoms with Crippen molar-refractivity contribution in [3.63, 3.8) is 0 Å². The fraction of sp³-hybridized carbons (Fsp3) is 0.118. The van der Waals surface area contributed by atoms with E-state index in [0.29, 0.717) is 0 Å². The molecule has 4 nitrogen and oxygen atoms in total. The van der Waals surface area contributed by atoms with E-state index < -0.39 is 11.9 Å². The van der Waals surface area contributed by atoms with Crippen LogP contribution in [-0.4, -0.2) is 21.0 Å². The predicted octanol–water partition coefficient (Wildman–Crippen LogP) is 2.87. The first-order valence-electron chi connectivity index (χ1n) is 6.68. The Kier molecular flexibility index (Phi) is 4.12. The maximum Gasteiger partial charge on any atom is 0.311 e. The molecular formula is C17H12N2O2S. The molecule has 1 aliphatic rings. The van der Waals surface area contributed by atoms with E-state index in [1.807, 2.05) is 23.6 Å². The molecule has 0 bridgehead atoms. The number of nitrogens with zero attached hydrogens (tertiary/aromatic N) is 2. The van der Waals surface area contributed by atoms with Crippen molar-refractivity contribution in [3.05, 3.63) is 70.5 Å². The molecule has 22 heavy (non-hydrogen) atoms. The first kappa shape index (κ1) is 14.2. The minimum atomic E-state index is -0.861. The quantitative estimate of drug-likeness (QED) is 0.867. The minimum Gasteiger partial charge on any atom is -0.481 e. The first-order valence-corrected chi connectivity index (χ1v) is 7.56. The lowest BCUT2D eigenvalue weighted by molar-refractivity contribution is -0.140. The number of rotatable bonds is 2. The van der Waals surface area contributed by atoms with Crippen molar-refractivity contribution in [2.24, 2.45) is 5.92 Å². The molecule has 0 saturated carbocycles. The number of pyridine rings is 1. The van der Waals surface area contributed by atoms with Crippen molar-refractivity contribution < 1.29 is 9.90 Å². The molecule has 0 radical (unpaired) electrons. The van der Waals surface area contributed by atoms with Gasteiger partial charge in [0.25, 0.3) is 0 Å². The molecule has 0 aliphatic heterocycles. The van der Waals surface area contributed by atoms with Crippen LogP contribution in [0.3, 0.4) is 0 Å². The summed E-state index contributed by atoms with van der Waals surface area (Å²) in [7, 11) is 0. The number of hydrogen-bond acceptors (Lipinski definition) is 4. The Balaban J connectivity index is 2.00. The van der Waals surface area contributed by atoms with Gasteiger partial charge in [-0.25, -0.2) is 4.98 Å². The minimum absolute atomic E-state index is 0.307. The molecule has 1 N–H and O–H groups in total. The van der Waals surface area contributed by atoms with Crippen LogP contribution in [0, 0.1) is 17.8 Å². The lowest BCUT2D eigenvalue weighted by Gasteiger charge is -2.24. The fourth-order valence-corrected chi connectivity index (χ4v) is 2.88. The summed E-state index contributed by atoms with van der Waals surface area (Å²) in [6.07, 6.45) is 10.3. The maximum atomic E-state index is 11.6. The molecule has 0 saturated heterocycles. The third-order valence-electron chi connectivity index (χ3n) is 3.38. The molecule has 0 fully saturated rings. The number of hydrogen-bond donors (Lipinski definition) is 1. The molecule has 0 aromatic carbocycles. The summed E-state index contributed by atoms with van der Waals surface area (Å²) < 4.78 is 0. The molecule has 2 atom stereocenters. The summed E-state index contributed by atoms with van der Waals surface area (Å²) in [5.41, 5.74) is 1.67. The van der Waals surface area contributed by atoms with Gasteiger partial charge < -0.3 is 5.11 Å². The van der Waals surface area contributed by atoms with Gasteiger partial charge in [-0.3, -0.25) is 9.78 Å². The molecule has 2 unspecified atom stereocenters. The summed E-state index contributed by atoms with van der Waals surface area (Å²) in [5.74, 6) is 4.28. The van der Waals surface area contributed by atoms with Crippen LogP contribution >= 0.6 is 11.3 Å². The summed E-state index contributed by atoms with van der Waals surface area (Å²) in [4.78, 5) is 19.7. The largest absolute Gasteiger partial charge is 0.481 e. The van der Waals surface area contributed by atoms with Gasteiger partial charge in [-0.15, -0.1) is 11.3 Å². The molecule has 2 aromatic heterocycles. The Bertz CT molecular complexity index is 783. The van der Waals surface area contributed by atoms with Crippen LogP contribution < -0.4 is 0 Å². The predicted molar refractivity (Wildman–Crippen MR) is 84.3 cm³/mol. The summed E-state index contributed by atoms with van der Waals surface area (Å²) >= 11 is 1.46. The Hall–Kier alpha value is -2.71. The second kappa shape index (κ2) is 6.37. The van der Waals surface area contributed by atoms with Crippen molar-refractivity contribution in [1.82, 2.24) is 9.97 Å². The first-order chi connectivity index (χ1) is 10.8. The summed E-state index contributed by atoms with van der Waals surface area (Å²) in [6.45, 7) is 0. The monoisotopic (exact) mass is 308 g/mol. The molecule has 0 amide bonds. The van der Waals surface area contributed by atoms with E-state index in [1.165, 1.54) is 11.3 Å². The third kappa shape index (κ3) is 2.97. The molecule has 5 heteroatoms. The van der Waals surface area contributed by atoms with Crippen LogP contribution in [0.5, 0.6) is 0 Å². The van der Waals surface area contributed by atoms with Crippen LogP contribution in [0.4, 0.5) is 0 Å². The van der Waals surface area contributed by atoms with Gasteiger partial charge in [0.15, 0.2) is 5.01 Å². The number of allylic oxidation sites excluding steroid dienone is 3. The van der Waals surface area contributed by atoms with Crippen LogP contribution in [0.1, 0.15) is 16.5 Å². The second-order valence-electron chi connectivity index (χ2n) is 4.72. The average molecular weight is 308 g/mol. The zero-order valence-electron chi connectivity index (χ0n) is 11.5. The second-order valence-corrected chi connectivity index (χ2v) is 5.61. The molecular weight excluding hydrogens is 296 g/mol. The number of aromatic nitrogens is 2. The van der Waals surface area contributed by atoms with Gasteiger partial charge in [-0.1, -0.05) is 24.1 Å². The lowest BCUT2D eigenvalue weighted by Crippen LogP contribution is -2.23. The Morgan fingerprint density at radius 1 is 1.23 bits per heavy atom. The van der Waals surface area contributed by atoms with Gasteiger partial charge >= 0.3 is 5.97 Å². The third-order valence-corrected chi connectivity index (χ3v) is 4.07. The molecule has 2 aromatic rings. The van der Waals surface area contributed by atoms with Crippen molar-refractivity contribution in [2.75, 3.05) is 0 Å². The smallest absolute Gasteiger partial charge is 0.311 e. The number of thiazole rings is 1. The average Bonchev–Trinajstić information content (AvgIpc) is 3.06. The van der Waals surface area contributed by atoms with E-state index in [0.717, 1.165) is 16.1 Å². The highest BCUT2D eigenvalue weighted by Gasteiger charge is 2.31. The Labute approximate surface area is 131 Å². The zero-order chi connectivity index (χ0) is 15.4. The number of aliphatic carboxylic acids is 1. The standard InChI is InChI=1S/C17H12N2O2S/c20-17(21)14-3-1-2-12(4-5-15-19-10-11-22-15)16(14)13-6-8-18-9-7-13/h1-3,6-11,14,16H,(H,20,21). The number of carboxylic acids is 1. The molecule has 3 rings (SSSR count). The van der Waals surface area contributed by atoms with Gasteiger partial charge in [0.2, 0.25) is 0 Å². The summed E-state index contributed by atoms with van der Waals surface area (Å²) in [6, 6.07) is 3.66. The van der Waals surface area contributed by atoms with Gasteiger partial charge in [-0.05, 0) is 23.6 Å². The van der Waals surface area contributed by atoms with Crippen molar-refractivity contribution in [1.29, 1.82) is 0 Å². The highest BCUT2D eigenvalue weighted by Crippen LogP contribution is 2.35. The Morgan fingerprint density at radius 2 is 2.05 bits per heavy atom. The molecule has 1 aliphatic carbocycles. The van der Waals surface area contributed by atoms with Crippen LogP contribution in [-0.2, 0) is 4.79 Å². The van der Waals surface area contributed by atoms with Gasteiger partial charge in [0.05, 0.1) is 5.92 Å². The van der Waals surface area contributed by atoms with Gasteiger partial charge in [-0.2, -0.15) is 0 Å². The van der Waals surface area contributed by atoms with Gasteiger partial charge in [0, 0.05) is 35.5 Å². The molecule has 0 spiro atoms. The maximum absolute atomic E-state index is 11.6. The SMILES string of the molecule is O=C(O)C1C=CC=C(C#Cc2nccs2)C1c1ccncc1. The van der Waals surface area contributed by atoms with E-state index in [-0.39, 0.29) is 5.92 Å². The topological polar surface area (TPSA) is 63.1 Å². The zero-order valence-corrected chi connectivity index (χ0v) is 12.3. The van der Waals surface area contributed by atoms with E-state index in [4.69, 9.17) is 0 Å². The van der Waals surface area contributed by atoms with Gasteiger partial charge in [0.1, 0.15) is 0 Å². The van der Waals surface area contributed by atoms with E-state index >= 15 is 0 Å². The Morgan fingerprint density at radius 3 is 2.73 bits per heavy atom. The van der Waals surface area contributed by atoms with E-state index in [1.54, 1.807) is 30.7 Å². The van der Waals surface area contributed by atoms with Crippen molar-refractivity contribution in [2.45, 2.75) is 5.92 Å². The fourth-order valence-electron chi connectivity index (χ4n) is 2.40. The highest BCUT2D eigenvalue weighted by atomic mass is 32.1. The molecule has 2 heterocycles. The highest BCUT2D eigenvalue weighted by molar-refractivity contribution is 7.10. The number of carbonyl (C=O) groups is 1.